The van der Waals surface area contributed by atoms with Gasteiger partial charge in [-0.1, -0.05) is 18.2 Å². The number of halogens is 3. The summed E-state index contributed by atoms with van der Waals surface area (Å²) >= 11 is 1.54. The fourth-order valence-electron chi connectivity index (χ4n) is 2.89. The average Bonchev–Trinajstić information content (AvgIpc) is 3.23. The van der Waals surface area contributed by atoms with E-state index in [1.807, 2.05) is 22.9 Å². The van der Waals surface area contributed by atoms with Gasteiger partial charge in [0.15, 0.2) is 0 Å². The lowest BCUT2D eigenvalue weighted by Gasteiger charge is -2.13. The second kappa shape index (κ2) is 5.49. The number of hydrogen-bond donors (Lipinski definition) is 1. The van der Waals surface area contributed by atoms with E-state index in [-0.39, 0.29) is 5.56 Å². The van der Waals surface area contributed by atoms with Crippen LogP contribution in [0.4, 0.5) is 13.2 Å². The minimum absolute atomic E-state index is 0.153. The lowest BCUT2D eigenvalue weighted by atomic mass is 9.96. The number of benzene rings is 1. The lowest BCUT2D eigenvalue weighted by molar-refractivity contribution is -0.137. The number of H-pyrrole nitrogens is 1. The standard InChI is InChI=1S/C18H11F3N2S/c19-18(20,21)15-4-2-1-3-13(15)14-9-23-17-16(14)12(5-7-22-17)11-6-8-24-10-11/h1-10H,(H,22,23). The van der Waals surface area contributed by atoms with E-state index in [1.54, 1.807) is 29.8 Å². The van der Waals surface area contributed by atoms with Crippen LogP contribution in [0.1, 0.15) is 5.56 Å². The number of fused-ring (bicyclic) bond motifs is 1. The Balaban J connectivity index is 2.04. The van der Waals surface area contributed by atoms with Crippen molar-refractivity contribution in [2.75, 3.05) is 0 Å². The summed E-state index contributed by atoms with van der Waals surface area (Å²) in [5, 5.41) is 4.62. The SMILES string of the molecule is FC(F)(F)c1ccccc1-c1c[nH]c2nccc(-c3ccsc3)c12. The average molecular weight is 344 g/mol. The molecule has 0 spiro atoms. The molecule has 4 rings (SSSR count). The van der Waals surface area contributed by atoms with Gasteiger partial charge in [0.2, 0.25) is 0 Å². The van der Waals surface area contributed by atoms with Crippen molar-refractivity contribution in [2.24, 2.45) is 0 Å². The summed E-state index contributed by atoms with van der Waals surface area (Å²) in [4.78, 5) is 7.25. The number of aromatic amines is 1. The summed E-state index contributed by atoms with van der Waals surface area (Å²) in [7, 11) is 0. The van der Waals surface area contributed by atoms with Crippen molar-refractivity contribution in [3.63, 3.8) is 0 Å². The lowest BCUT2D eigenvalue weighted by Crippen LogP contribution is -2.06. The second-order valence-corrected chi connectivity index (χ2v) is 6.12. The Morgan fingerprint density at radius 2 is 1.79 bits per heavy atom. The third-order valence-corrected chi connectivity index (χ3v) is 4.61. The molecule has 6 heteroatoms. The molecule has 3 heterocycles. The van der Waals surface area contributed by atoms with E-state index < -0.39 is 11.7 Å². The molecule has 0 aliphatic rings. The minimum Gasteiger partial charge on any atom is -0.345 e. The molecule has 0 aliphatic heterocycles. The van der Waals surface area contributed by atoms with Crippen LogP contribution in [0.15, 0.2) is 59.6 Å². The summed E-state index contributed by atoms with van der Waals surface area (Å²) in [6, 6.07) is 9.40. The predicted molar refractivity (Wildman–Crippen MR) is 89.8 cm³/mol. The Labute approximate surface area is 139 Å². The van der Waals surface area contributed by atoms with E-state index in [9.17, 15) is 13.2 Å². The van der Waals surface area contributed by atoms with E-state index in [0.717, 1.165) is 17.2 Å². The van der Waals surface area contributed by atoms with Crippen molar-refractivity contribution in [3.05, 3.63) is 65.1 Å². The normalized spacial score (nSPS) is 12.0. The number of nitrogens with one attached hydrogen (secondary N) is 1. The Kier molecular flexibility index (Phi) is 3.42. The van der Waals surface area contributed by atoms with Gasteiger partial charge in [0, 0.05) is 23.3 Å². The molecular formula is C18H11F3N2S. The smallest absolute Gasteiger partial charge is 0.345 e. The van der Waals surface area contributed by atoms with Crippen LogP contribution in [-0.2, 0) is 6.18 Å². The molecule has 0 amide bonds. The summed E-state index contributed by atoms with van der Waals surface area (Å²) in [5.41, 5.74) is 2.43. The van der Waals surface area contributed by atoms with Crippen molar-refractivity contribution in [1.82, 2.24) is 9.97 Å². The summed E-state index contributed by atoms with van der Waals surface area (Å²) in [6.45, 7) is 0. The first kappa shape index (κ1) is 15.0. The van der Waals surface area contributed by atoms with Crippen LogP contribution in [0.3, 0.4) is 0 Å². The van der Waals surface area contributed by atoms with Crippen LogP contribution in [0, 0.1) is 0 Å². The van der Waals surface area contributed by atoms with Gasteiger partial charge in [-0.15, -0.1) is 0 Å². The zero-order valence-corrected chi connectivity index (χ0v) is 13.1. The predicted octanol–water partition coefficient (Wildman–Crippen LogP) is 5.98. The molecule has 1 aromatic carbocycles. The minimum atomic E-state index is -4.41. The number of thiophene rings is 1. The largest absolute Gasteiger partial charge is 0.417 e. The summed E-state index contributed by atoms with van der Waals surface area (Å²) < 4.78 is 40.2. The van der Waals surface area contributed by atoms with E-state index in [4.69, 9.17) is 0 Å². The molecule has 0 aliphatic carbocycles. The highest BCUT2D eigenvalue weighted by Crippen LogP contribution is 2.41. The molecule has 0 radical (unpaired) electrons. The van der Waals surface area contributed by atoms with Crippen LogP contribution < -0.4 is 0 Å². The van der Waals surface area contributed by atoms with Crippen LogP contribution >= 0.6 is 11.3 Å². The third kappa shape index (κ3) is 2.39. The molecule has 0 saturated heterocycles. The number of aromatic nitrogens is 2. The molecule has 24 heavy (non-hydrogen) atoms. The molecule has 0 fully saturated rings. The second-order valence-electron chi connectivity index (χ2n) is 5.34. The van der Waals surface area contributed by atoms with E-state index >= 15 is 0 Å². The van der Waals surface area contributed by atoms with Crippen LogP contribution in [-0.4, -0.2) is 9.97 Å². The Hall–Kier alpha value is -2.60. The molecule has 0 atom stereocenters. The van der Waals surface area contributed by atoms with Gasteiger partial charge in [-0.3, -0.25) is 0 Å². The van der Waals surface area contributed by atoms with E-state index in [1.165, 1.54) is 12.1 Å². The van der Waals surface area contributed by atoms with E-state index in [0.29, 0.717) is 16.6 Å². The Bertz CT molecular complexity index is 1000. The van der Waals surface area contributed by atoms with Gasteiger partial charge in [-0.05, 0) is 45.6 Å². The third-order valence-electron chi connectivity index (χ3n) is 3.93. The van der Waals surface area contributed by atoms with Gasteiger partial charge in [0.1, 0.15) is 5.65 Å². The Morgan fingerprint density at radius 1 is 0.958 bits per heavy atom. The number of pyridine rings is 1. The first-order valence-electron chi connectivity index (χ1n) is 7.21. The number of nitrogens with zero attached hydrogens (tertiary/aromatic N) is 1. The molecule has 3 aromatic heterocycles. The fourth-order valence-corrected chi connectivity index (χ4v) is 3.55. The highest BCUT2D eigenvalue weighted by Gasteiger charge is 2.34. The van der Waals surface area contributed by atoms with Crippen molar-refractivity contribution in [2.45, 2.75) is 6.18 Å². The van der Waals surface area contributed by atoms with Gasteiger partial charge >= 0.3 is 6.18 Å². The van der Waals surface area contributed by atoms with Crippen molar-refractivity contribution < 1.29 is 13.2 Å². The van der Waals surface area contributed by atoms with Gasteiger partial charge < -0.3 is 4.98 Å². The maximum Gasteiger partial charge on any atom is 0.417 e. The van der Waals surface area contributed by atoms with Crippen LogP contribution in [0.25, 0.3) is 33.3 Å². The highest BCUT2D eigenvalue weighted by atomic mass is 32.1. The number of rotatable bonds is 2. The van der Waals surface area contributed by atoms with Gasteiger partial charge in [0.05, 0.1) is 5.56 Å². The molecule has 1 N–H and O–H groups in total. The molecule has 0 bridgehead atoms. The monoisotopic (exact) mass is 344 g/mol. The number of alkyl halides is 3. The zero-order valence-electron chi connectivity index (χ0n) is 12.3. The topological polar surface area (TPSA) is 28.7 Å². The molecule has 0 saturated carbocycles. The summed E-state index contributed by atoms with van der Waals surface area (Å²) in [5.74, 6) is 0. The van der Waals surface area contributed by atoms with Gasteiger partial charge in [-0.25, -0.2) is 4.98 Å². The van der Waals surface area contributed by atoms with Crippen molar-refractivity contribution in [3.8, 4) is 22.3 Å². The molecular weight excluding hydrogens is 333 g/mol. The van der Waals surface area contributed by atoms with Gasteiger partial charge in [0.25, 0.3) is 0 Å². The maximum absolute atomic E-state index is 13.4. The first-order chi connectivity index (χ1) is 11.6. The molecule has 2 nitrogen and oxygen atoms in total. The quantitative estimate of drug-likeness (QED) is 0.476. The van der Waals surface area contributed by atoms with Crippen molar-refractivity contribution in [1.29, 1.82) is 0 Å². The van der Waals surface area contributed by atoms with Crippen LogP contribution in [0.5, 0.6) is 0 Å². The van der Waals surface area contributed by atoms with Gasteiger partial charge in [-0.2, -0.15) is 24.5 Å². The highest BCUT2D eigenvalue weighted by molar-refractivity contribution is 7.08. The molecule has 120 valence electrons. The molecule has 0 unspecified atom stereocenters. The van der Waals surface area contributed by atoms with Crippen LogP contribution in [0.2, 0.25) is 0 Å². The summed E-state index contributed by atoms with van der Waals surface area (Å²) in [6.07, 6.45) is -1.16. The zero-order chi connectivity index (χ0) is 16.7. The van der Waals surface area contributed by atoms with Crippen molar-refractivity contribution >= 4 is 22.4 Å². The first-order valence-corrected chi connectivity index (χ1v) is 8.15. The Morgan fingerprint density at radius 3 is 2.54 bits per heavy atom. The van der Waals surface area contributed by atoms with E-state index in [2.05, 4.69) is 9.97 Å². The molecule has 4 aromatic rings. The number of hydrogen-bond acceptors (Lipinski definition) is 2. The maximum atomic E-state index is 13.4. The fraction of sp³-hybridized carbons (Fsp3) is 0.0556.